The number of hydrogen-bond acceptors (Lipinski definition) is 5. The molecule has 9 heteroatoms. The summed E-state index contributed by atoms with van der Waals surface area (Å²) in [6.45, 7) is 2.40. The van der Waals surface area contributed by atoms with Gasteiger partial charge >= 0.3 is 6.03 Å². The topological polar surface area (TPSA) is 109 Å². The van der Waals surface area contributed by atoms with E-state index in [0.717, 1.165) is 29.7 Å². The Balaban J connectivity index is 1.35. The molecule has 0 radical (unpaired) electrons. The number of benzene rings is 2. The van der Waals surface area contributed by atoms with E-state index in [1.807, 2.05) is 37.3 Å². The van der Waals surface area contributed by atoms with Crippen LogP contribution in [0.4, 0.5) is 10.5 Å². The van der Waals surface area contributed by atoms with Gasteiger partial charge in [0.05, 0.1) is 17.0 Å². The quantitative estimate of drug-likeness (QED) is 0.302. The molecule has 2 aromatic heterocycles. The first-order chi connectivity index (χ1) is 17.4. The maximum Gasteiger partial charge on any atom is 0.342 e. The normalized spacial score (nSPS) is 12.8. The summed E-state index contributed by atoms with van der Waals surface area (Å²) in [5, 5.41) is 21.0. The molecule has 36 heavy (non-hydrogen) atoms. The van der Waals surface area contributed by atoms with Crippen LogP contribution >= 0.6 is 11.6 Å². The summed E-state index contributed by atoms with van der Waals surface area (Å²) in [5.41, 5.74) is 4.51. The van der Waals surface area contributed by atoms with Gasteiger partial charge in [-0.2, -0.15) is 9.78 Å². The number of rotatable bonds is 6. The monoisotopic (exact) mass is 501 g/mol. The Bertz CT molecular complexity index is 1460. The lowest BCUT2D eigenvalue weighted by Crippen LogP contribution is -2.30. The number of aromatic nitrogens is 3. The van der Waals surface area contributed by atoms with Gasteiger partial charge in [0.25, 0.3) is 5.91 Å². The van der Waals surface area contributed by atoms with E-state index in [4.69, 9.17) is 11.6 Å². The molecule has 0 atom stereocenters. The van der Waals surface area contributed by atoms with Crippen molar-refractivity contribution in [2.45, 2.75) is 32.2 Å². The van der Waals surface area contributed by atoms with Crippen LogP contribution in [0.25, 0.3) is 11.3 Å². The Labute approximate surface area is 212 Å². The summed E-state index contributed by atoms with van der Waals surface area (Å²) in [5.74, 6) is -0.247. The Morgan fingerprint density at radius 1 is 1.11 bits per heavy atom. The highest BCUT2D eigenvalue weighted by Gasteiger charge is 2.30. The molecule has 0 bridgehead atoms. The molecular weight excluding hydrogens is 478 g/mol. The highest BCUT2D eigenvalue weighted by Crippen LogP contribution is 2.42. The average Bonchev–Trinajstić information content (AvgIpc) is 3.62. The Kier molecular flexibility index (Phi) is 6.43. The average molecular weight is 502 g/mol. The van der Waals surface area contributed by atoms with Crippen LogP contribution in [-0.2, 0) is 6.54 Å². The van der Waals surface area contributed by atoms with E-state index < -0.39 is 5.91 Å². The maximum atomic E-state index is 13.0. The predicted molar refractivity (Wildman–Crippen MR) is 137 cm³/mol. The molecule has 1 saturated carbocycles. The highest BCUT2D eigenvalue weighted by atomic mass is 35.5. The van der Waals surface area contributed by atoms with Crippen LogP contribution in [0.5, 0.6) is 5.75 Å². The molecule has 4 aromatic rings. The number of carbonyl (C=O) groups excluding carboxylic acids is 2. The van der Waals surface area contributed by atoms with E-state index in [0.29, 0.717) is 23.5 Å². The summed E-state index contributed by atoms with van der Waals surface area (Å²) in [4.78, 5) is 29.4. The predicted octanol–water partition coefficient (Wildman–Crippen LogP) is 5.50. The summed E-state index contributed by atoms with van der Waals surface area (Å²) < 4.78 is 1.39. The zero-order valence-corrected chi connectivity index (χ0v) is 20.3. The second kappa shape index (κ2) is 9.83. The second-order valence-corrected chi connectivity index (χ2v) is 9.11. The third kappa shape index (κ3) is 4.94. The fraction of sp³-hybridized carbons (Fsp3) is 0.185. The van der Waals surface area contributed by atoms with Crippen molar-refractivity contribution in [2.24, 2.45) is 0 Å². The minimum absolute atomic E-state index is 0.0719. The van der Waals surface area contributed by atoms with Crippen molar-refractivity contribution in [3.8, 4) is 17.0 Å². The van der Waals surface area contributed by atoms with Gasteiger partial charge in [-0.3, -0.25) is 4.79 Å². The standard InChI is InChI=1S/C27H24ClN5O3/c1-16-5-2-3-6-18(16)15-30-27(36)33-23(17-8-9-17)14-22(32-33)20-11-10-19(13-24(20)34)31-26(35)21-7-4-12-29-25(21)28/h2-7,10-14,17,34H,8-9,15H2,1H3,(H,30,36)(H,31,35). The fourth-order valence-corrected chi connectivity index (χ4v) is 4.20. The van der Waals surface area contributed by atoms with Gasteiger partial charge in [-0.1, -0.05) is 35.9 Å². The lowest BCUT2D eigenvalue weighted by Gasteiger charge is -2.10. The molecule has 5 rings (SSSR count). The second-order valence-electron chi connectivity index (χ2n) is 8.75. The lowest BCUT2D eigenvalue weighted by atomic mass is 10.1. The number of hydrogen-bond donors (Lipinski definition) is 3. The zero-order valence-electron chi connectivity index (χ0n) is 19.5. The first kappa shape index (κ1) is 23.6. The van der Waals surface area contributed by atoms with E-state index in [9.17, 15) is 14.7 Å². The Hall–Kier alpha value is -4.17. The molecule has 1 fully saturated rings. The van der Waals surface area contributed by atoms with Crippen LogP contribution in [0.2, 0.25) is 5.15 Å². The molecule has 0 spiro atoms. The number of aryl methyl sites for hydroxylation is 1. The minimum Gasteiger partial charge on any atom is -0.507 e. The van der Waals surface area contributed by atoms with Crippen molar-refractivity contribution in [3.05, 3.63) is 94.4 Å². The van der Waals surface area contributed by atoms with Gasteiger partial charge in [0.1, 0.15) is 10.9 Å². The molecule has 8 nitrogen and oxygen atoms in total. The number of aromatic hydroxyl groups is 1. The largest absolute Gasteiger partial charge is 0.507 e. The third-order valence-corrected chi connectivity index (χ3v) is 6.45. The molecule has 0 unspecified atom stereocenters. The van der Waals surface area contributed by atoms with Gasteiger partial charge in [-0.25, -0.2) is 9.78 Å². The molecule has 3 N–H and O–H groups in total. The third-order valence-electron chi connectivity index (χ3n) is 6.15. The number of pyridine rings is 1. The number of nitrogens with one attached hydrogen (secondary N) is 2. The number of halogens is 1. The van der Waals surface area contributed by atoms with Crippen LogP contribution in [0, 0.1) is 6.92 Å². The fourth-order valence-electron chi connectivity index (χ4n) is 3.99. The van der Waals surface area contributed by atoms with E-state index in [2.05, 4.69) is 20.7 Å². The molecule has 2 heterocycles. The van der Waals surface area contributed by atoms with E-state index >= 15 is 0 Å². The molecule has 0 saturated heterocycles. The number of nitrogens with zero attached hydrogens (tertiary/aromatic N) is 3. The first-order valence-corrected chi connectivity index (χ1v) is 12.0. The van der Waals surface area contributed by atoms with Crippen molar-refractivity contribution in [3.63, 3.8) is 0 Å². The van der Waals surface area contributed by atoms with Crippen LogP contribution in [-0.4, -0.2) is 31.8 Å². The molecule has 0 aliphatic heterocycles. The minimum atomic E-state index is -0.439. The van der Waals surface area contributed by atoms with Crippen molar-refractivity contribution in [1.29, 1.82) is 0 Å². The van der Waals surface area contributed by atoms with Gasteiger partial charge in [0.2, 0.25) is 0 Å². The molecule has 2 amide bonds. The molecule has 1 aliphatic carbocycles. The summed E-state index contributed by atoms with van der Waals surface area (Å²) >= 11 is 6.00. The molecule has 182 valence electrons. The maximum absolute atomic E-state index is 13.0. The number of phenols is 1. The Morgan fingerprint density at radius 2 is 1.92 bits per heavy atom. The van der Waals surface area contributed by atoms with Gasteiger partial charge in [0, 0.05) is 36.0 Å². The lowest BCUT2D eigenvalue weighted by molar-refractivity contribution is 0.102. The number of anilines is 1. The zero-order chi connectivity index (χ0) is 25.2. The molecular formula is C27H24ClN5O3. The number of amides is 2. The van der Waals surface area contributed by atoms with E-state index in [1.54, 1.807) is 24.3 Å². The Morgan fingerprint density at radius 3 is 2.64 bits per heavy atom. The van der Waals surface area contributed by atoms with Crippen LogP contribution in [0.15, 0.2) is 66.9 Å². The van der Waals surface area contributed by atoms with Crippen molar-refractivity contribution < 1.29 is 14.7 Å². The summed E-state index contributed by atoms with van der Waals surface area (Å²) in [6.07, 6.45) is 3.48. The summed E-state index contributed by atoms with van der Waals surface area (Å²) in [6, 6.07) is 17.3. The highest BCUT2D eigenvalue weighted by molar-refractivity contribution is 6.33. The molecule has 1 aliphatic rings. The van der Waals surface area contributed by atoms with Crippen LogP contribution in [0.3, 0.4) is 0 Å². The van der Waals surface area contributed by atoms with Crippen molar-refractivity contribution >= 4 is 29.2 Å². The van der Waals surface area contributed by atoms with Gasteiger partial charge < -0.3 is 15.7 Å². The van der Waals surface area contributed by atoms with Crippen molar-refractivity contribution in [2.75, 3.05) is 5.32 Å². The first-order valence-electron chi connectivity index (χ1n) is 11.6. The smallest absolute Gasteiger partial charge is 0.342 e. The van der Waals surface area contributed by atoms with Gasteiger partial charge in [-0.05, 0) is 61.2 Å². The summed E-state index contributed by atoms with van der Waals surface area (Å²) in [7, 11) is 0. The van der Waals surface area contributed by atoms with Crippen LogP contribution < -0.4 is 10.6 Å². The van der Waals surface area contributed by atoms with E-state index in [-0.39, 0.29) is 28.4 Å². The van der Waals surface area contributed by atoms with Gasteiger partial charge in [-0.15, -0.1) is 0 Å². The number of carbonyl (C=O) groups is 2. The SMILES string of the molecule is Cc1ccccc1CNC(=O)n1nc(-c2ccc(NC(=O)c3cccnc3Cl)cc2O)cc1C1CC1. The van der Waals surface area contributed by atoms with Crippen LogP contribution in [0.1, 0.15) is 45.9 Å². The van der Waals surface area contributed by atoms with Crippen molar-refractivity contribution in [1.82, 2.24) is 20.1 Å². The van der Waals surface area contributed by atoms with E-state index in [1.165, 1.54) is 16.9 Å². The van der Waals surface area contributed by atoms with Gasteiger partial charge in [0.15, 0.2) is 0 Å². The molecule has 2 aromatic carbocycles. The number of phenolic OH excluding ortho intramolecular Hbond substituents is 1.